The lowest BCUT2D eigenvalue weighted by Crippen LogP contribution is -2.27. The van der Waals surface area contributed by atoms with E-state index < -0.39 is 6.55 Å². The van der Waals surface area contributed by atoms with Gasteiger partial charge in [0.25, 0.3) is 0 Å². The molecule has 130 valence electrons. The van der Waals surface area contributed by atoms with Crippen LogP contribution in [0.4, 0.5) is 13.2 Å². The molecule has 0 atom stereocenters. The minimum Gasteiger partial charge on any atom is -0.289 e. The first-order chi connectivity index (χ1) is 12.1. The van der Waals surface area contributed by atoms with E-state index in [9.17, 15) is 13.2 Å². The molecule has 0 N–H and O–H groups in total. The van der Waals surface area contributed by atoms with E-state index in [2.05, 4.69) is 9.88 Å². The molecule has 25 heavy (non-hydrogen) atoms. The molecule has 1 aromatic heterocycles. The Morgan fingerprint density at radius 1 is 1.04 bits per heavy atom. The zero-order valence-electron chi connectivity index (χ0n) is 13.6. The van der Waals surface area contributed by atoms with Gasteiger partial charge < -0.3 is 0 Å². The van der Waals surface area contributed by atoms with Crippen molar-refractivity contribution in [1.29, 1.82) is 0 Å². The van der Waals surface area contributed by atoms with Crippen LogP contribution in [0.1, 0.15) is 30.8 Å². The normalized spacial score (nSPS) is 14.8. The lowest BCUT2D eigenvalue weighted by Gasteiger charge is -2.22. The molecule has 2 aromatic carbocycles. The summed E-state index contributed by atoms with van der Waals surface area (Å²) < 4.78 is 41.3. The second kappa shape index (κ2) is 6.52. The number of benzene rings is 2. The maximum absolute atomic E-state index is 13.6. The van der Waals surface area contributed by atoms with Crippen LogP contribution in [0.25, 0.3) is 11.0 Å². The summed E-state index contributed by atoms with van der Waals surface area (Å²) in [4.78, 5) is 6.57. The van der Waals surface area contributed by atoms with E-state index in [0.29, 0.717) is 36.0 Å². The summed E-state index contributed by atoms with van der Waals surface area (Å²) in [5.41, 5.74) is 1.99. The van der Waals surface area contributed by atoms with Crippen molar-refractivity contribution in [3.8, 4) is 0 Å². The maximum Gasteiger partial charge on any atom is 0.320 e. The van der Waals surface area contributed by atoms with Gasteiger partial charge in [-0.2, -0.15) is 8.78 Å². The SMILES string of the molecule is Fc1ccc(CN(Cc2nc3ccccc3n2C(F)F)C2CC2)cc1. The molecule has 0 radical (unpaired) electrons. The number of para-hydroxylation sites is 2. The quantitative estimate of drug-likeness (QED) is 0.644. The van der Waals surface area contributed by atoms with Gasteiger partial charge in [-0.05, 0) is 42.7 Å². The first-order valence-electron chi connectivity index (χ1n) is 8.34. The molecule has 1 heterocycles. The summed E-state index contributed by atoms with van der Waals surface area (Å²) in [5.74, 6) is 0.0893. The molecule has 1 fully saturated rings. The molecule has 1 saturated carbocycles. The van der Waals surface area contributed by atoms with Crippen LogP contribution in [0, 0.1) is 5.82 Å². The fraction of sp³-hybridized carbons (Fsp3) is 0.316. The van der Waals surface area contributed by atoms with Gasteiger partial charge in [0.05, 0.1) is 17.6 Å². The summed E-state index contributed by atoms with van der Waals surface area (Å²) in [5, 5.41) is 0. The van der Waals surface area contributed by atoms with Crippen LogP contribution in [-0.4, -0.2) is 20.5 Å². The fourth-order valence-electron chi connectivity index (χ4n) is 3.18. The van der Waals surface area contributed by atoms with Crippen LogP contribution in [0.3, 0.4) is 0 Å². The fourth-order valence-corrected chi connectivity index (χ4v) is 3.18. The molecule has 0 saturated heterocycles. The Bertz CT molecular complexity index is 869. The van der Waals surface area contributed by atoms with Crippen LogP contribution in [0.5, 0.6) is 0 Å². The third kappa shape index (κ3) is 3.39. The van der Waals surface area contributed by atoms with Gasteiger partial charge in [-0.25, -0.2) is 9.37 Å². The predicted molar refractivity (Wildman–Crippen MR) is 89.7 cm³/mol. The van der Waals surface area contributed by atoms with Crippen molar-refractivity contribution in [2.45, 2.75) is 38.5 Å². The highest BCUT2D eigenvalue weighted by Crippen LogP contribution is 2.31. The van der Waals surface area contributed by atoms with Gasteiger partial charge >= 0.3 is 6.55 Å². The molecule has 0 spiro atoms. The Hall–Kier alpha value is -2.34. The van der Waals surface area contributed by atoms with E-state index in [0.717, 1.165) is 23.0 Å². The largest absolute Gasteiger partial charge is 0.320 e. The second-order valence-electron chi connectivity index (χ2n) is 6.43. The van der Waals surface area contributed by atoms with E-state index >= 15 is 0 Å². The van der Waals surface area contributed by atoms with Crippen LogP contribution in [0.15, 0.2) is 48.5 Å². The van der Waals surface area contributed by atoms with Crippen LogP contribution in [0.2, 0.25) is 0 Å². The first-order valence-corrected chi connectivity index (χ1v) is 8.34. The Labute approximate surface area is 143 Å². The number of halogens is 3. The van der Waals surface area contributed by atoms with Gasteiger partial charge in [0, 0.05) is 12.6 Å². The van der Waals surface area contributed by atoms with E-state index in [1.54, 1.807) is 36.4 Å². The zero-order valence-corrected chi connectivity index (χ0v) is 13.6. The van der Waals surface area contributed by atoms with Crippen molar-refractivity contribution in [2.24, 2.45) is 0 Å². The van der Waals surface area contributed by atoms with Crippen molar-refractivity contribution in [3.63, 3.8) is 0 Å². The van der Waals surface area contributed by atoms with Crippen LogP contribution >= 0.6 is 0 Å². The topological polar surface area (TPSA) is 21.1 Å². The van der Waals surface area contributed by atoms with Crippen molar-refractivity contribution in [1.82, 2.24) is 14.5 Å². The molecule has 3 nitrogen and oxygen atoms in total. The number of imidazole rings is 1. The number of hydrogen-bond donors (Lipinski definition) is 0. The molecule has 1 aliphatic rings. The summed E-state index contributed by atoms with van der Waals surface area (Å²) in [7, 11) is 0. The van der Waals surface area contributed by atoms with Gasteiger partial charge in [-0.1, -0.05) is 24.3 Å². The van der Waals surface area contributed by atoms with Gasteiger partial charge in [0.2, 0.25) is 0 Å². The Balaban J connectivity index is 1.63. The number of alkyl halides is 2. The monoisotopic (exact) mass is 345 g/mol. The van der Waals surface area contributed by atoms with Crippen molar-refractivity contribution in [3.05, 3.63) is 65.7 Å². The molecular formula is C19H18F3N3. The van der Waals surface area contributed by atoms with Gasteiger partial charge in [-0.15, -0.1) is 0 Å². The average molecular weight is 345 g/mol. The van der Waals surface area contributed by atoms with E-state index in [1.165, 1.54) is 12.1 Å². The smallest absolute Gasteiger partial charge is 0.289 e. The minimum atomic E-state index is -2.63. The standard InChI is InChI=1S/C19H18F3N3/c20-14-7-5-13(6-8-14)11-24(15-9-10-15)12-18-23-16-3-1-2-4-17(16)25(18)19(21)22/h1-8,15,19H,9-12H2. The van der Waals surface area contributed by atoms with Gasteiger partial charge in [-0.3, -0.25) is 9.47 Å². The molecule has 4 rings (SSSR count). The third-order valence-electron chi connectivity index (χ3n) is 4.57. The number of fused-ring (bicyclic) bond motifs is 1. The third-order valence-corrected chi connectivity index (χ3v) is 4.57. The highest BCUT2D eigenvalue weighted by Gasteiger charge is 2.31. The highest BCUT2D eigenvalue weighted by molar-refractivity contribution is 5.75. The molecule has 0 bridgehead atoms. The predicted octanol–water partition coefficient (Wildman–Crippen LogP) is 4.74. The second-order valence-corrected chi connectivity index (χ2v) is 6.43. The van der Waals surface area contributed by atoms with Gasteiger partial charge in [0.15, 0.2) is 0 Å². The maximum atomic E-state index is 13.6. The van der Waals surface area contributed by atoms with Crippen LogP contribution in [-0.2, 0) is 13.1 Å². The Kier molecular flexibility index (Phi) is 4.21. The molecule has 0 amide bonds. The van der Waals surface area contributed by atoms with E-state index in [-0.39, 0.29) is 5.82 Å². The van der Waals surface area contributed by atoms with Crippen molar-refractivity contribution >= 4 is 11.0 Å². The lowest BCUT2D eigenvalue weighted by molar-refractivity contribution is 0.0677. The zero-order chi connectivity index (χ0) is 17.4. The van der Waals surface area contributed by atoms with Gasteiger partial charge in [0.1, 0.15) is 11.6 Å². The summed E-state index contributed by atoms with van der Waals surface area (Å²) in [6, 6.07) is 13.6. The summed E-state index contributed by atoms with van der Waals surface area (Å²) in [6.07, 6.45) is 2.10. The number of nitrogens with zero attached hydrogens (tertiary/aromatic N) is 3. The summed E-state index contributed by atoms with van der Waals surface area (Å²) >= 11 is 0. The molecule has 1 aliphatic carbocycles. The van der Waals surface area contributed by atoms with Crippen molar-refractivity contribution < 1.29 is 13.2 Å². The Morgan fingerprint density at radius 3 is 2.44 bits per heavy atom. The molecule has 3 aromatic rings. The highest BCUT2D eigenvalue weighted by atomic mass is 19.3. The van der Waals surface area contributed by atoms with E-state index in [1.807, 2.05) is 0 Å². The molecule has 0 unspecified atom stereocenters. The van der Waals surface area contributed by atoms with Crippen molar-refractivity contribution in [2.75, 3.05) is 0 Å². The minimum absolute atomic E-state index is 0.277. The Morgan fingerprint density at radius 2 is 1.76 bits per heavy atom. The number of hydrogen-bond acceptors (Lipinski definition) is 2. The van der Waals surface area contributed by atoms with Crippen LogP contribution < -0.4 is 0 Å². The number of aromatic nitrogens is 2. The average Bonchev–Trinajstić information content (AvgIpc) is 3.37. The summed E-state index contributed by atoms with van der Waals surface area (Å²) in [6.45, 7) is -1.69. The first kappa shape index (κ1) is 16.1. The lowest BCUT2D eigenvalue weighted by atomic mass is 10.2. The molecular weight excluding hydrogens is 327 g/mol. The van der Waals surface area contributed by atoms with E-state index in [4.69, 9.17) is 0 Å². The molecule has 6 heteroatoms. The number of rotatable bonds is 6. The molecule has 0 aliphatic heterocycles.